The molecule has 1 aromatic rings. The van der Waals surface area contributed by atoms with E-state index in [9.17, 15) is 0 Å². The lowest BCUT2D eigenvalue weighted by molar-refractivity contribution is 0.477. The quantitative estimate of drug-likeness (QED) is 0.537. The summed E-state index contributed by atoms with van der Waals surface area (Å²) >= 11 is 0. The van der Waals surface area contributed by atoms with Crippen molar-refractivity contribution in [3.8, 4) is 12.3 Å². The summed E-state index contributed by atoms with van der Waals surface area (Å²) in [4.78, 5) is 0. The third kappa shape index (κ3) is 1.22. The fraction of sp³-hybridized carbons (Fsp3) is 0.333. The smallest absolute Gasteiger partial charge is 0.118 e. The van der Waals surface area contributed by atoms with E-state index in [0.717, 1.165) is 11.5 Å². The van der Waals surface area contributed by atoms with E-state index in [1.807, 2.05) is 26.0 Å². The minimum absolute atomic E-state index is 0.0914. The highest BCUT2D eigenvalue weighted by molar-refractivity contribution is 5.17. The molecule has 0 saturated heterocycles. The molecule has 1 heteroatoms. The number of hydrogen-bond acceptors (Lipinski definition) is 1. The van der Waals surface area contributed by atoms with E-state index in [-0.39, 0.29) is 5.92 Å². The summed E-state index contributed by atoms with van der Waals surface area (Å²) < 4.78 is 5.29. The maximum atomic E-state index is 5.29. The fourth-order valence-electron chi connectivity index (χ4n) is 0.768. The molecule has 0 saturated carbocycles. The van der Waals surface area contributed by atoms with Crippen LogP contribution in [0.15, 0.2) is 16.5 Å². The zero-order chi connectivity index (χ0) is 7.56. The highest BCUT2D eigenvalue weighted by atomic mass is 16.3. The van der Waals surface area contributed by atoms with Crippen molar-refractivity contribution < 1.29 is 4.42 Å². The normalized spacial score (nSPS) is 12.5. The topological polar surface area (TPSA) is 13.1 Å². The summed E-state index contributed by atoms with van der Waals surface area (Å²) in [6.07, 6.45) is 5.20. The lowest BCUT2D eigenvalue weighted by atomic mass is 10.1. The van der Waals surface area contributed by atoms with Gasteiger partial charge in [0.2, 0.25) is 0 Å². The largest absolute Gasteiger partial charge is 0.465 e. The minimum atomic E-state index is 0.0914. The van der Waals surface area contributed by atoms with Crippen LogP contribution in [0, 0.1) is 19.3 Å². The number of furan rings is 1. The molecule has 0 N–H and O–H groups in total. The molecular weight excluding hydrogens is 124 g/mol. The number of hydrogen-bond donors (Lipinski definition) is 0. The summed E-state index contributed by atoms with van der Waals surface area (Å²) in [7, 11) is 0. The molecular formula is C9H10O. The van der Waals surface area contributed by atoms with Crippen LogP contribution in [0.2, 0.25) is 0 Å². The van der Waals surface area contributed by atoms with Gasteiger partial charge >= 0.3 is 0 Å². The van der Waals surface area contributed by atoms with Crippen molar-refractivity contribution >= 4 is 0 Å². The van der Waals surface area contributed by atoms with Crippen molar-refractivity contribution in [2.45, 2.75) is 19.8 Å². The number of aryl methyl sites for hydroxylation is 1. The van der Waals surface area contributed by atoms with Gasteiger partial charge in [0.1, 0.15) is 11.5 Å². The molecule has 1 nitrogen and oxygen atoms in total. The van der Waals surface area contributed by atoms with Gasteiger partial charge in [-0.25, -0.2) is 0 Å². The lowest BCUT2D eigenvalue weighted by Crippen LogP contribution is -1.83. The average molecular weight is 134 g/mol. The summed E-state index contributed by atoms with van der Waals surface area (Å²) in [6, 6.07) is 3.84. The van der Waals surface area contributed by atoms with Crippen LogP contribution < -0.4 is 0 Å². The molecule has 1 unspecified atom stereocenters. The molecule has 0 fully saturated rings. The number of terminal acetylenes is 1. The number of rotatable bonds is 1. The van der Waals surface area contributed by atoms with Crippen molar-refractivity contribution in [2.75, 3.05) is 0 Å². The van der Waals surface area contributed by atoms with Crippen LogP contribution in [0.5, 0.6) is 0 Å². The molecule has 1 aromatic heterocycles. The van der Waals surface area contributed by atoms with Crippen LogP contribution >= 0.6 is 0 Å². The van der Waals surface area contributed by atoms with Gasteiger partial charge in [0.25, 0.3) is 0 Å². The van der Waals surface area contributed by atoms with Crippen molar-refractivity contribution in [1.29, 1.82) is 0 Å². The van der Waals surface area contributed by atoms with E-state index in [0.29, 0.717) is 0 Å². The van der Waals surface area contributed by atoms with E-state index in [4.69, 9.17) is 10.8 Å². The molecule has 0 aliphatic carbocycles. The van der Waals surface area contributed by atoms with Crippen LogP contribution in [0.25, 0.3) is 0 Å². The van der Waals surface area contributed by atoms with Crippen LogP contribution in [-0.4, -0.2) is 0 Å². The molecule has 0 bridgehead atoms. The Bertz CT molecular complexity index is 252. The van der Waals surface area contributed by atoms with Crippen LogP contribution in [-0.2, 0) is 0 Å². The zero-order valence-corrected chi connectivity index (χ0v) is 6.22. The second kappa shape index (κ2) is 2.62. The highest BCUT2D eigenvalue weighted by Gasteiger charge is 2.04. The van der Waals surface area contributed by atoms with Gasteiger partial charge in [-0.1, -0.05) is 5.92 Å². The minimum Gasteiger partial charge on any atom is -0.465 e. The van der Waals surface area contributed by atoms with E-state index in [1.54, 1.807) is 0 Å². The van der Waals surface area contributed by atoms with Gasteiger partial charge in [-0.3, -0.25) is 0 Å². The third-order valence-electron chi connectivity index (χ3n) is 1.44. The van der Waals surface area contributed by atoms with Crippen molar-refractivity contribution in [1.82, 2.24) is 0 Å². The van der Waals surface area contributed by atoms with Gasteiger partial charge in [0, 0.05) is 0 Å². The summed E-state index contributed by atoms with van der Waals surface area (Å²) in [5.74, 6) is 4.48. The zero-order valence-electron chi connectivity index (χ0n) is 6.22. The molecule has 0 amide bonds. The average Bonchev–Trinajstić information content (AvgIpc) is 2.34. The molecule has 0 spiro atoms. The molecule has 0 aliphatic rings. The Morgan fingerprint density at radius 2 is 2.30 bits per heavy atom. The second-order valence-corrected chi connectivity index (χ2v) is 2.34. The monoisotopic (exact) mass is 134 g/mol. The first-order valence-electron chi connectivity index (χ1n) is 3.26. The Kier molecular flexibility index (Phi) is 1.82. The first kappa shape index (κ1) is 6.95. The molecule has 1 heterocycles. The Morgan fingerprint density at radius 3 is 2.70 bits per heavy atom. The molecule has 10 heavy (non-hydrogen) atoms. The fourth-order valence-corrected chi connectivity index (χ4v) is 0.768. The van der Waals surface area contributed by atoms with Gasteiger partial charge in [0.05, 0.1) is 5.92 Å². The maximum absolute atomic E-state index is 5.29. The Hall–Kier alpha value is -1.16. The summed E-state index contributed by atoms with van der Waals surface area (Å²) in [6.45, 7) is 3.85. The molecule has 0 aromatic carbocycles. The van der Waals surface area contributed by atoms with Gasteiger partial charge in [-0.05, 0) is 26.0 Å². The van der Waals surface area contributed by atoms with Gasteiger partial charge in [-0.15, -0.1) is 6.42 Å². The predicted molar refractivity (Wildman–Crippen MR) is 40.7 cm³/mol. The van der Waals surface area contributed by atoms with E-state index in [1.165, 1.54) is 0 Å². The first-order valence-corrected chi connectivity index (χ1v) is 3.26. The predicted octanol–water partition coefficient (Wildman–Crippen LogP) is 2.32. The van der Waals surface area contributed by atoms with Gasteiger partial charge < -0.3 is 4.42 Å². The van der Waals surface area contributed by atoms with Gasteiger partial charge in [0.15, 0.2) is 0 Å². The summed E-state index contributed by atoms with van der Waals surface area (Å²) in [5.41, 5.74) is 0. The van der Waals surface area contributed by atoms with Crippen LogP contribution in [0.4, 0.5) is 0 Å². The lowest BCUT2D eigenvalue weighted by Gasteiger charge is -1.95. The molecule has 1 rings (SSSR count). The Morgan fingerprint density at radius 1 is 1.60 bits per heavy atom. The van der Waals surface area contributed by atoms with Crippen LogP contribution in [0.1, 0.15) is 24.4 Å². The van der Waals surface area contributed by atoms with Crippen molar-refractivity contribution in [2.24, 2.45) is 0 Å². The standard InChI is InChI=1S/C9H10O/c1-4-7(2)9-6-5-8(3)10-9/h1,5-7H,2-3H3. The molecule has 0 aliphatic heterocycles. The van der Waals surface area contributed by atoms with E-state index in [2.05, 4.69) is 5.92 Å². The van der Waals surface area contributed by atoms with Crippen LogP contribution in [0.3, 0.4) is 0 Å². The first-order chi connectivity index (χ1) is 4.74. The van der Waals surface area contributed by atoms with E-state index < -0.39 is 0 Å². The molecule has 1 atom stereocenters. The SMILES string of the molecule is C#CC(C)c1ccc(C)o1. The second-order valence-electron chi connectivity index (χ2n) is 2.34. The van der Waals surface area contributed by atoms with Gasteiger partial charge in [-0.2, -0.15) is 0 Å². The summed E-state index contributed by atoms with van der Waals surface area (Å²) in [5, 5.41) is 0. The van der Waals surface area contributed by atoms with Crippen molar-refractivity contribution in [3.05, 3.63) is 23.7 Å². The Labute approximate surface area is 61.0 Å². The van der Waals surface area contributed by atoms with Crippen molar-refractivity contribution in [3.63, 3.8) is 0 Å². The molecule has 52 valence electrons. The van der Waals surface area contributed by atoms with E-state index >= 15 is 0 Å². The molecule has 0 radical (unpaired) electrons. The third-order valence-corrected chi connectivity index (χ3v) is 1.44. The maximum Gasteiger partial charge on any atom is 0.118 e. The Balaban J connectivity index is 2.87. The highest BCUT2D eigenvalue weighted by Crippen LogP contribution is 2.16.